The summed E-state index contributed by atoms with van der Waals surface area (Å²) in [5.74, 6) is -1.71. The number of carbonyl (C=O) groups excluding carboxylic acids is 2. The highest BCUT2D eigenvalue weighted by atomic mass is 35.5. The number of esters is 2. The van der Waals surface area contributed by atoms with Crippen molar-refractivity contribution in [3.05, 3.63) is 21.7 Å². The average Bonchev–Trinajstić information content (AvgIpc) is 2.31. The predicted molar refractivity (Wildman–Crippen MR) is 41.8 cm³/mol. The third kappa shape index (κ3) is 1.16. The number of nitrogens with zero attached hydrogens (tertiary/aromatic N) is 2. The average molecular weight is 219 g/mol. The summed E-state index contributed by atoms with van der Waals surface area (Å²) in [7, 11) is 0. The molecule has 0 saturated carbocycles. The second-order valence-corrected chi connectivity index (χ2v) is 2.90. The SMILES string of the molecule is O=C1OC(=O)c2nc(Cl)c(Cl)nc21. The summed E-state index contributed by atoms with van der Waals surface area (Å²) in [6, 6.07) is 0. The van der Waals surface area contributed by atoms with Crippen molar-refractivity contribution in [3.63, 3.8) is 0 Å². The Kier molecular flexibility index (Phi) is 1.71. The van der Waals surface area contributed by atoms with Crippen molar-refractivity contribution >= 4 is 35.1 Å². The van der Waals surface area contributed by atoms with Gasteiger partial charge in [0.25, 0.3) is 0 Å². The van der Waals surface area contributed by atoms with Crippen LogP contribution in [0.4, 0.5) is 0 Å². The lowest BCUT2D eigenvalue weighted by Crippen LogP contribution is -2.00. The largest absolute Gasteiger partial charge is 0.383 e. The summed E-state index contributed by atoms with van der Waals surface area (Å²) in [4.78, 5) is 28.9. The number of hydrogen-bond donors (Lipinski definition) is 0. The maximum absolute atomic E-state index is 10.9. The Hall–Kier alpha value is -1.20. The van der Waals surface area contributed by atoms with E-state index in [2.05, 4.69) is 14.7 Å². The molecule has 0 spiro atoms. The smallest absolute Gasteiger partial charge is 0.367 e. The van der Waals surface area contributed by atoms with E-state index in [4.69, 9.17) is 23.2 Å². The van der Waals surface area contributed by atoms with Crippen molar-refractivity contribution in [3.8, 4) is 0 Å². The molecule has 13 heavy (non-hydrogen) atoms. The van der Waals surface area contributed by atoms with Crippen LogP contribution in [0.3, 0.4) is 0 Å². The van der Waals surface area contributed by atoms with E-state index in [1.165, 1.54) is 0 Å². The normalized spacial score (nSPS) is 14.3. The first-order valence-electron chi connectivity index (χ1n) is 3.09. The van der Waals surface area contributed by atoms with Gasteiger partial charge in [-0.1, -0.05) is 23.2 Å². The van der Waals surface area contributed by atoms with Crippen molar-refractivity contribution in [1.82, 2.24) is 9.97 Å². The zero-order valence-corrected chi connectivity index (χ0v) is 7.39. The number of cyclic esters (lactones) is 2. The van der Waals surface area contributed by atoms with E-state index in [-0.39, 0.29) is 21.7 Å². The van der Waals surface area contributed by atoms with E-state index in [1.807, 2.05) is 0 Å². The van der Waals surface area contributed by atoms with Crippen molar-refractivity contribution in [2.24, 2.45) is 0 Å². The summed E-state index contributed by atoms with van der Waals surface area (Å²) in [5, 5.41) is -0.265. The van der Waals surface area contributed by atoms with E-state index in [0.717, 1.165) is 0 Å². The standard InChI is InChI=1S/C6Cl2N2O3/c7-3-4(8)10-2-1(9-3)5(11)13-6(2)12. The summed E-state index contributed by atoms with van der Waals surface area (Å²) in [6.07, 6.45) is 0. The Balaban J connectivity index is 2.72. The van der Waals surface area contributed by atoms with Crippen LogP contribution < -0.4 is 0 Å². The molecule has 1 aromatic rings. The van der Waals surface area contributed by atoms with Gasteiger partial charge in [0, 0.05) is 0 Å². The minimum Gasteiger partial charge on any atom is -0.383 e. The molecule has 1 aromatic heterocycles. The number of ether oxygens (including phenoxy) is 1. The molecule has 1 aliphatic heterocycles. The van der Waals surface area contributed by atoms with Crippen LogP contribution in [-0.4, -0.2) is 21.9 Å². The first-order chi connectivity index (χ1) is 6.09. The van der Waals surface area contributed by atoms with Crippen LogP contribution in [0, 0.1) is 0 Å². The number of hydrogen-bond acceptors (Lipinski definition) is 5. The van der Waals surface area contributed by atoms with E-state index in [0.29, 0.717) is 0 Å². The van der Waals surface area contributed by atoms with Gasteiger partial charge in [-0.15, -0.1) is 0 Å². The van der Waals surface area contributed by atoms with Crippen LogP contribution in [0.2, 0.25) is 10.3 Å². The first-order valence-corrected chi connectivity index (χ1v) is 3.84. The topological polar surface area (TPSA) is 69.2 Å². The van der Waals surface area contributed by atoms with Crippen molar-refractivity contribution in [1.29, 1.82) is 0 Å². The monoisotopic (exact) mass is 218 g/mol. The molecule has 0 radical (unpaired) electrons. The van der Waals surface area contributed by atoms with Crippen LogP contribution in [0.1, 0.15) is 21.0 Å². The molecule has 66 valence electrons. The molecule has 0 N–H and O–H groups in total. The molecule has 2 rings (SSSR count). The van der Waals surface area contributed by atoms with Crippen LogP contribution in [0.15, 0.2) is 0 Å². The fourth-order valence-electron chi connectivity index (χ4n) is 0.860. The lowest BCUT2D eigenvalue weighted by Gasteiger charge is -1.93. The fourth-order valence-corrected chi connectivity index (χ4v) is 1.11. The van der Waals surface area contributed by atoms with Crippen molar-refractivity contribution in [2.75, 3.05) is 0 Å². The Bertz CT molecular complexity index is 393. The molecular weight excluding hydrogens is 219 g/mol. The van der Waals surface area contributed by atoms with Crippen molar-refractivity contribution in [2.45, 2.75) is 0 Å². The van der Waals surface area contributed by atoms with E-state index >= 15 is 0 Å². The van der Waals surface area contributed by atoms with Gasteiger partial charge in [-0.2, -0.15) is 0 Å². The molecule has 0 saturated heterocycles. The van der Waals surface area contributed by atoms with Gasteiger partial charge in [-0.25, -0.2) is 19.6 Å². The molecule has 7 heteroatoms. The molecule has 0 fully saturated rings. The zero-order chi connectivity index (χ0) is 9.59. The maximum Gasteiger partial charge on any atom is 0.367 e. The second-order valence-electron chi connectivity index (χ2n) is 2.18. The van der Waals surface area contributed by atoms with Gasteiger partial charge in [-0.3, -0.25) is 0 Å². The molecule has 2 heterocycles. The number of halogens is 2. The Labute approximate surface area is 81.6 Å². The van der Waals surface area contributed by atoms with Gasteiger partial charge in [-0.05, 0) is 0 Å². The minimum atomic E-state index is -0.855. The molecule has 5 nitrogen and oxygen atoms in total. The summed E-state index contributed by atoms with van der Waals surface area (Å²) >= 11 is 11.0. The van der Waals surface area contributed by atoms with Gasteiger partial charge >= 0.3 is 11.9 Å². The highest BCUT2D eigenvalue weighted by Crippen LogP contribution is 2.23. The van der Waals surface area contributed by atoms with Crippen LogP contribution in [0.5, 0.6) is 0 Å². The van der Waals surface area contributed by atoms with Gasteiger partial charge in [0.1, 0.15) is 0 Å². The van der Waals surface area contributed by atoms with Gasteiger partial charge < -0.3 is 4.74 Å². The minimum absolute atomic E-state index is 0.132. The fraction of sp³-hybridized carbons (Fsp3) is 0. The van der Waals surface area contributed by atoms with Gasteiger partial charge in [0.15, 0.2) is 21.7 Å². The molecule has 0 unspecified atom stereocenters. The van der Waals surface area contributed by atoms with Crippen LogP contribution >= 0.6 is 23.2 Å². The van der Waals surface area contributed by atoms with Crippen LogP contribution in [-0.2, 0) is 4.74 Å². The Morgan fingerprint density at radius 2 is 1.31 bits per heavy atom. The third-order valence-electron chi connectivity index (χ3n) is 1.39. The zero-order valence-electron chi connectivity index (χ0n) is 5.88. The molecule has 0 atom stereocenters. The number of aromatic nitrogens is 2. The highest BCUT2D eigenvalue weighted by Gasteiger charge is 2.34. The first kappa shape index (κ1) is 8.40. The predicted octanol–water partition coefficient (Wildman–Crippen LogP) is 1.09. The van der Waals surface area contributed by atoms with Gasteiger partial charge in [0.2, 0.25) is 0 Å². The molecule has 0 bridgehead atoms. The number of fused-ring (bicyclic) bond motifs is 1. The van der Waals surface area contributed by atoms with E-state index < -0.39 is 11.9 Å². The lowest BCUT2D eigenvalue weighted by molar-refractivity contribution is 0.0439. The molecule has 0 aromatic carbocycles. The maximum atomic E-state index is 10.9. The number of rotatable bonds is 0. The Morgan fingerprint density at radius 3 is 1.69 bits per heavy atom. The van der Waals surface area contributed by atoms with E-state index in [1.54, 1.807) is 0 Å². The number of carbonyl (C=O) groups is 2. The second kappa shape index (κ2) is 2.65. The summed E-state index contributed by atoms with van der Waals surface area (Å²) < 4.78 is 4.22. The quantitative estimate of drug-likeness (QED) is 0.482. The third-order valence-corrected chi connectivity index (χ3v) is 2.01. The van der Waals surface area contributed by atoms with Gasteiger partial charge in [0.05, 0.1) is 0 Å². The Morgan fingerprint density at radius 1 is 0.923 bits per heavy atom. The molecule has 0 amide bonds. The molecular formula is C6Cl2N2O3. The lowest BCUT2D eigenvalue weighted by atomic mass is 10.3. The highest BCUT2D eigenvalue weighted by molar-refractivity contribution is 6.40. The summed E-state index contributed by atoms with van der Waals surface area (Å²) in [6.45, 7) is 0. The van der Waals surface area contributed by atoms with Crippen molar-refractivity contribution < 1.29 is 14.3 Å². The summed E-state index contributed by atoms with van der Waals surface area (Å²) in [5.41, 5.74) is -0.390. The van der Waals surface area contributed by atoms with E-state index in [9.17, 15) is 9.59 Å². The molecule has 0 aliphatic carbocycles. The molecule has 1 aliphatic rings. The van der Waals surface area contributed by atoms with Crippen LogP contribution in [0.25, 0.3) is 0 Å².